The molecule has 260 valence electrons. The molecule has 0 saturated carbocycles. The molecule has 1 fully saturated rings. The summed E-state index contributed by atoms with van der Waals surface area (Å²) in [7, 11) is 0. The highest BCUT2D eigenvalue weighted by Crippen LogP contribution is 2.37. The van der Waals surface area contributed by atoms with Crippen LogP contribution in [0.3, 0.4) is 0 Å². The van der Waals surface area contributed by atoms with Crippen molar-refractivity contribution < 1.29 is 33.8 Å². The first-order chi connectivity index (χ1) is 24.0. The van der Waals surface area contributed by atoms with Gasteiger partial charge in [-0.2, -0.15) is 0 Å². The summed E-state index contributed by atoms with van der Waals surface area (Å²) in [4.78, 5) is 62.2. The summed E-state index contributed by atoms with van der Waals surface area (Å²) in [5, 5.41) is 25.3. The molecule has 4 N–H and O–H groups in total. The van der Waals surface area contributed by atoms with E-state index < -0.39 is 29.0 Å². The molecular formula is C34H37N9O7. The number of aldehydes is 1. The number of carbonyl (C=O) groups excluding carboxylic acids is 4. The zero-order chi connectivity index (χ0) is 35.5. The Morgan fingerprint density at radius 2 is 1.88 bits per heavy atom. The molecule has 2 aliphatic rings. The van der Waals surface area contributed by atoms with Gasteiger partial charge in [0.15, 0.2) is 11.9 Å². The average Bonchev–Trinajstić information content (AvgIpc) is 3.54. The lowest BCUT2D eigenvalue weighted by Crippen LogP contribution is -2.49. The third-order valence-corrected chi connectivity index (χ3v) is 8.22. The van der Waals surface area contributed by atoms with Crippen LogP contribution in [0.1, 0.15) is 64.9 Å². The molecule has 16 heteroatoms. The maximum Gasteiger partial charge on any atom is 0.321 e. The molecule has 50 heavy (non-hydrogen) atoms. The predicted molar refractivity (Wildman–Crippen MR) is 179 cm³/mol. The molecule has 1 saturated heterocycles. The Morgan fingerprint density at radius 3 is 2.62 bits per heavy atom. The minimum absolute atomic E-state index is 0.00844. The van der Waals surface area contributed by atoms with Crippen molar-refractivity contribution in [3.8, 4) is 5.75 Å². The van der Waals surface area contributed by atoms with Crippen LogP contribution in [-0.4, -0.2) is 98.2 Å². The molecule has 2 atom stereocenters. The molecule has 3 aromatic heterocycles. The number of benzene rings is 1. The van der Waals surface area contributed by atoms with Gasteiger partial charge >= 0.3 is 6.03 Å². The molecule has 1 aliphatic heterocycles. The number of aliphatic hydroxyl groups is 1. The van der Waals surface area contributed by atoms with Crippen molar-refractivity contribution in [3.05, 3.63) is 89.3 Å². The van der Waals surface area contributed by atoms with Gasteiger partial charge in [-0.05, 0) is 29.8 Å². The number of hydrogen-bond donors (Lipinski definition) is 4. The van der Waals surface area contributed by atoms with Crippen LogP contribution < -0.4 is 20.7 Å². The third kappa shape index (κ3) is 7.02. The lowest BCUT2D eigenvalue weighted by molar-refractivity contribution is -0.111. The number of nitrogens with one attached hydrogen (secondary N) is 3. The van der Waals surface area contributed by atoms with E-state index >= 15 is 0 Å². The largest absolute Gasteiger partial charge is 0.480 e. The van der Waals surface area contributed by atoms with Crippen molar-refractivity contribution in [2.24, 2.45) is 0 Å². The number of rotatable bonds is 9. The topological polar surface area (TPSA) is 202 Å². The fourth-order valence-corrected chi connectivity index (χ4v) is 5.62. The lowest BCUT2D eigenvalue weighted by atomic mass is 9.81. The molecule has 0 unspecified atom stereocenters. The van der Waals surface area contributed by atoms with Crippen LogP contribution in [0.5, 0.6) is 5.75 Å². The van der Waals surface area contributed by atoms with Crippen molar-refractivity contribution in [1.82, 2.24) is 40.1 Å². The van der Waals surface area contributed by atoms with E-state index in [0.29, 0.717) is 60.8 Å². The van der Waals surface area contributed by atoms with Gasteiger partial charge in [-0.25, -0.2) is 14.8 Å². The molecule has 0 spiro atoms. The van der Waals surface area contributed by atoms with E-state index in [2.05, 4.69) is 36.1 Å². The van der Waals surface area contributed by atoms with Crippen LogP contribution in [0.4, 0.5) is 10.6 Å². The van der Waals surface area contributed by atoms with Crippen molar-refractivity contribution in [2.45, 2.75) is 37.8 Å². The van der Waals surface area contributed by atoms with E-state index in [4.69, 9.17) is 14.6 Å². The molecule has 1 aliphatic carbocycles. The van der Waals surface area contributed by atoms with Gasteiger partial charge in [0.25, 0.3) is 11.8 Å². The molecular weight excluding hydrogens is 646 g/mol. The summed E-state index contributed by atoms with van der Waals surface area (Å²) >= 11 is 0. The number of pyridine rings is 1. The third-order valence-electron chi connectivity index (χ3n) is 8.22. The van der Waals surface area contributed by atoms with Crippen LogP contribution in [0.25, 0.3) is 5.65 Å². The SMILES string of the molecule is CC(C)(C)c1cc(NC(=O)N[C@@]2(C=O)C=C[C@@H](Oc3ccc4nnc(C(=O)N5CCOCC5)n4c3)c3ccccc32)nc(C(=O)NCCO)n1. The quantitative estimate of drug-likeness (QED) is 0.148. The summed E-state index contributed by atoms with van der Waals surface area (Å²) < 4.78 is 13.3. The Morgan fingerprint density at radius 1 is 1.10 bits per heavy atom. The Balaban J connectivity index is 1.24. The highest BCUT2D eigenvalue weighted by atomic mass is 16.5. The Kier molecular flexibility index (Phi) is 9.56. The van der Waals surface area contributed by atoms with Gasteiger partial charge in [0.2, 0.25) is 11.6 Å². The first kappa shape index (κ1) is 34.1. The van der Waals surface area contributed by atoms with Gasteiger partial charge in [-0.3, -0.25) is 24.1 Å². The summed E-state index contributed by atoms with van der Waals surface area (Å²) in [5.41, 5.74) is -0.00109. The van der Waals surface area contributed by atoms with Gasteiger partial charge < -0.3 is 30.1 Å². The Hall–Kier alpha value is -5.74. The fraction of sp³-hybridized carbons (Fsp3) is 0.353. The standard InChI is InChI=1S/C34H37N9O7/c1-33(2,3)25-18-26(37-28(36-25)30(46)35-12-15-44)38-32(48)39-34(20-45)11-10-24(22-6-4-5-7-23(22)34)50-21-8-9-27-40-41-29(43(27)19-21)31(47)42-13-16-49-17-14-42/h4-11,18-20,24,44H,12-17H2,1-3H3,(H,35,46)(H2,36,37,38,39,48)/t24-,34-/m1/s1. The molecule has 0 bridgehead atoms. The average molecular weight is 684 g/mol. The number of nitrogens with zero attached hydrogens (tertiary/aromatic N) is 6. The number of amides is 4. The zero-order valence-electron chi connectivity index (χ0n) is 27.8. The minimum atomic E-state index is -1.57. The van der Waals surface area contributed by atoms with E-state index in [1.165, 1.54) is 0 Å². The smallest absolute Gasteiger partial charge is 0.321 e. The molecule has 4 heterocycles. The van der Waals surface area contributed by atoms with Crippen LogP contribution in [0.15, 0.2) is 60.8 Å². The second-order valence-corrected chi connectivity index (χ2v) is 12.8. The normalized spacial score (nSPS) is 18.6. The number of carbonyl (C=O) groups is 4. The molecule has 6 rings (SSSR count). The van der Waals surface area contributed by atoms with Crippen molar-refractivity contribution in [1.29, 1.82) is 0 Å². The number of ether oxygens (including phenoxy) is 2. The Bertz CT molecular complexity index is 1970. The van der Waals surface area contributed by atoms with E-state index in [-0.39, 0.29) is 36.5 Å². The highest BCUT2D eigenvalue weighted by molar-refractivity contribution is 5.94. The second-order valence-electron chi connectivity index (χ2n) is 12.8. The van der Waals surface area contributed by atoms with Crippen LogP contribution >= 0.6 is 0 Å². The van der Waals surface area contributed by atoms with Gasteiger partial charge in [0.1, 0.15) is 23.2 Å². The predicted octanol–water partition coefficient (Wildman–Crippen LogP) is 1.92. The van der Waals surface area contributed by atoms with Gasteiger partial charge in [-0.15, -0.1) is 10.2 Å². The molecule has 0 radical (unpaired) electrons. The maximum absolute atomic E-state index is 13.4. The Labute approximate surface area is 286 Å². The number of urea groups is 1. The van der Waals surface area contributed by atoms with E-state index in [9.17, 15) is 19.2 Å². The van der Waals surface area contributed by atoms with Gasteiger partial charge in [-0.1, -0.05) is 45.0 Å². The second kappa shape index (κ2) is 14.0. The highest BCUT2D eigenvalue weighted by Gasteiger charge is 2.38. The molecule has 4 aromatic rings. The van der Waals surface area contributed by atoms with Crippen LogP contribution in [0.2, 0.25) is 0 Å². The van der Waals surface area contributed by atoms with Crippen molar-refractivity contribution in [2.75, 3.05) is 44.8 Å². The van der Waals surface area contributed by atoms with Crippen LogP contribution in [0, 0.1) is 0 Å². The minimum Gasteiger partial charge on any atom is -0.480 e. The monoisotopic (exact) mass is 683 g/mol. The lowest BCUT2D eigenvalue weighted by Gasteiger charge is -2.34. The number of morpholine rings is 1. The van der Waals surface area contributed by atoms with Gasteiger partial charge in [0.05, 0.1) is 31.7 Å². The molecule has 4 amide bonds. The summed E-state index contributed by atoms with van der Waals surface area (Å²) in [6, 6.07) is 11.3. The number of aromatic nitrogens is 5. The maximum atomic E-state index is 13.4. The summed E-state index contributed by atoms with van der Waals surface area (Å²) in [6.07, 6.45) is 4.82. The number of fused-ring (bicyclic) bond motifs is 2. The number of anilines is 1. The zero-order valence-corrected chi connectivity index (χ0v) is 27.8. The molecule has 16 nitrogen and oxygen atoms in total. The first-order valence-corrected chi connectivity index (χ1v) is 16.0. The van der Waals surface area contributed by atoms with Crippen LogP contribution in [-0.2, 0) is 20.5 Å². The van der Waals surface area contributed by atoms with Crippen molar-refractivity contribution >= 4 is 35.6 Å². The molecule has 1 aromatic carbocycles. The first-order valence-electron chi connectivity index (χ1n) is 16.0. The number of hydrogen-bond acceptors (Lipinski definition) is 11. The summed E-state index contributed by atoms with van der Waals surface area (Å²) in [5.74, 6) is -0.452. The number of aliphatic hydroxyl groups excluding tert-OH is 1. The van der Waals surface area contributed by atoms with E-state index in [1.54, 1.807) is 70.1 Å². The van der Waals surface area contributed by atoms with Gasteiger partial charge in [0, 0.05) is 36.7 Å². The fourth-order valence-electron chi connectivity index (χ4n) is 5.62. The summed E-state index contributed by atoms with van der Waals surface area (Å²) in [6.45, 7) is 7.25. The van der Waals surface area contributed by atoms with E-state index in [0.717, 1.165) is 0 Å². The van der Waals surface area contributed by atoms with Crippen molar-refractivity contribution in [3.63, 3.8) is 0 Å². The van der Waals surface area contributed by atoms with E-state index in [1.807, 2.05) is 20.8 Å².